The molecule has 21 heavy (non-hydrogen) atoms. The molecule has 1 aromatic carbocycles. The predicted octanol–water partition coefficient (Wildman–Crippen LogP) is 3.76. The molecular formula is C17H22N2OS. The Kier molecular flexibility index (Phi) is 6.05. The molecule has 0 bridgehead atoms. The van der Waals surface area contributed by atoms with Crippen molar-refractivity contribution < 1.29 is 4.79 Å². The van der Waals surface area contributed by atoms with Crippen molar-refractivity contribution in [3.63, 3.8) is 0 Å². The van der Waals surface area contributed by atoms with Crippen molar-refractivity contribution >= 4 is 17.5 Å². The summed E-state index contributed by atoms with van der Waals surface area (Å²) in [7, 11) is 0. The number of aryl methyl sites for hydroxylation is 3. The summed E-state index contributed by atoms with van der Waals surface area (Å²) in [4.78, 5) is 15.4. The summed E-state index contributed by atoms with van der Waals surface area (Å²) in [6.07, 6.45) is 7.09. The van der Waals surface area contributed by atoms with Crippen LogP contribution in [0.4, 0.5) is 0 Å². The van der Waals surface area contributed by atoms with Gasteiger partial charge in [-0.1, -0.05) is 49.4 Å². The van der Waals surface area contributed by atoms with Gasteiger partial charge in [-0.05, 0) is 30.9 Å². The van der Waals surface area contributed by atoms with Crippen molar-refractivity contribution in [2.75, 3.05) is 5.75 Å². The van der Waals surface area contributed by atoms with Crippen molar-refractivity contribution in [1.82, 2.24) is 9.55 Å². The standard InChI is InChI=1S/C17H22N2OS/c1-3-4-15-5-7-16(8-6-15)9-11-19-12-10-18-17(19)21-13-14(2)20/h5-8,10,12H,3-4,9,11,13H2,1-2H3. The highest BCUT2D eigenvalue weighted by Crippen LogP contribution is 2.16. The first-order valence-electron chi connectivity index (χ1n) is 7.40. The molecule has 1 heterocycles. The van der Waals surface area contributed by atoms with Crippen LogP contribution in [0.5, 0.6) is 0 Å². The number of rotatable bonds is 8. The Bertz CT molecular complexity index is 575. The van der Waals surface area contributed by atoms with Gasteiger partial charge < -0.3 is 4.57 Å². The number of carbonyl (C=O) groups excluding carboxylic acids is 1. The van der Waals surface area contributed by atoms with Gasteiger partial charge in [0.2, 0.25) is 0 Å². The molecule has 2 rings (SSSR count). The third-order valence-corrected chi connectivity index (χ3v) is 4.43. The maximum absolute atomic E-state index is 11.1. The second kappa shape index (κ2) is 8.03. The molecule has 0 atom stereocenters. The number of carbonyl (C=O) groups is 1. The van der Waals surface area contributed by atoms with E-state index in [0.717, 1.165) is 24.5 Å². The van der Waals surface area contributed by atoms with E-state index in [1.54, 1.807) is 13.1 Å². The minimum Gasteiger partial charge on any atom is -0.326 e. The van der Waals surface area contributed by atoms with Gasteiger partial charge in [0.25, 0.3) is 0 Å². The maximum Gasteiger partial charge on any atom is 0.168 e. The zero-order valence-corrected chi connectivity index (χ0v) is 13.5. The molecule has 0 N–H and O–H groups in total. The van der Waals surface area contributed by atoms with Gasteiger partial charge in [0, 0.05) is 18.9 Å². The van der Waals surface area contributed by atoms with Gasteiger partial charge in [-0.25, -0.2) is 4.98 Å². The van der Waals surface area contributed by atoms with E-state index in [2.05, 4.69) is 40.7 Å². The molecular weight excluding hydrogens is 280 g/mol. The molecule has 0 radical (unpaired) electrons. The van der Waals surface area contributed by atoms with Crippen molar-refractivity contribution in [2.45, 2.75) is 44.8 Å². The minimum absolute atomic E-state index is 0.182. The summed E-state index contributed by atoms with van der Waals surface area (Å²) in [5.74, 6) is 0.670. The lowest BCUT2D eigenvalue weighted by Crippen LogP contribution is -2.03. The van der Waals surface area contributed by atoms with Crippen molar-refractivity contribution in [1.29, 1.82) is 0 Å². The Balaban J connectivity index is 1.90. The van der Waals surface area contributed by atoms with E-state index < -0.39 is 0 Å². The fourth-order valence-corrected chi connectivity index (χ4v) is 2.97. The molecule has 0 spiro atoms. The largest absolute Gasteiger partial charge is 0.326 e. The van der Waals surface area contributed by atoms with Gasteiger partial charge in [-0.15, -0.1) is 0 Å². The summed E-state index contributed by atoms with van der Waals surface area (Å²) in [5.41, 5.74) is 2.74. The van der Waals surface area contributed by atoms with E-state index >= 15 is 0 Å². The van der Waals surface area contributed by atoms with Gasteiger partial charge in [0.15, 0.2) is 5.16 Å². The lowest BCUT2D eigenvalue weighted by molar-refractivity contribution is -0.114. The average molecular weight is 302 g/mol. The van der Waals surface area contributed by atoms with E-state index in [1.807, 2.05) is 6.20 Å². The van der Waals surface area contributed by atoms with Crippen LogP contribution in [0.1, 0.15) is 31.4 Å². The Hall–Kier alpha value is -1.55. The fraction of sp³-hybridized carbons (Fsp3) is 0.412. The van der Waals surface area contributed by atoms with E-state index in [4.69, 9.17) is 0 Å². The fourth-order valence-electron chi connectivity index (χ4n) is 2.18. The van der Waals surface area contributed by atoms with Crippen LogP contribution >= 0.6 is 11.8 Å². The summed E-state index contributed by atoms with van der Waals surface area (Å²) in [5, 5.41) is 0.924. The lowest BCUT2D eigenvalue weighted by Gasteiger charge is -2.07. The lowest BCUT2D eigenvalue weighted by atomic mass is 10.1. The predicted molar refractivity (Wildman–Crippen MR) is 87.8 cm³/mol. The second-order valence-corrected chi connectivity index (χ2v) is 6.15. The number of aromatic nitrogens is 2. The normalized spacial score (nSPS) is 10.8. The number of benzene rings is 1. The number of hydrogen-bond donors (Lipinski definition) is 0. The molecule has 112 valence electrons. The van der Waals surface area contributed by atoms with Gasteiger partial charge in [-0.2, -0.15) is 0 Å². The molecule has 0 unspecified atom stereocenters. The van der Waals surface area contributed by atoms with Crippen molar-refractivity contribution in [2.24, 2.45) is 0 Å². The number of hydrogen-bond acceptors (Lipinski definition) is 3. The molecule has 0 amide bonds. The van der Waals surface area contributed by atoms with E-state index in [9.17, 15) is 4.79 Å². The van der Waals surface area contributed by atoms with E-state index in [1.165, 1.54) is 29.3 Å². The molecule has 0 aliphatic carbocycles. The number of nitrogens with zero attached hydrogens (tertiary/aromatic N) is 2. The first-order valence-corrected chi connectivity index (χ1v) is 8.38. The highest BCUT2D eigenvalue weighted by Gasteiger charge is 2.05. The SMILES string of the molecule is CCCc1ccc(CCn2ccnc2SCC(C)=O)cc1. The van der Waals surface area contributed by atoms with Gasteiger partial charge in [0.1, 0.15) is 5.78 Å². The Labute approximate surface area is 130 Å². The monoisotopic (exact) mass is 302 g/mol. The van der Waals surface area contributed by atoms with Crippen LogP contribution in [0.2, 0.25) is 0 Å². The summed E-state index contributed by atoms with van der Waals surface area (Å²) in [6, 6.07) is 8.87. The Morgan fingerprint density at radius 1 is 1.19 bits per heavy atom. The molecule has 0 aliphatic heterocycles. The topological polar surface area (TPSA) is 34.9 Å². The van der Waals surface area contributed by atoms with Crippen LogP contribution in [0.25, 0.3) is 0 Å². The highest BCUT2D eigenvalue weighted by molar-refractivity contribution is 7.99. The van der Waals surface area contributed by atoms with Crippen LogP contribution in [0.15, 0.2) is 41.8 Å². The van der Waals surface area contributed by atoms with Crippen LogP contribution in [0, 0.1) is 0 Å². The molecule has 0 saturated carbocycles. The van der Waals surface area contributed by atoms with Crippen LogP contribution < -0.4 is 0 Å². The molecule has 2 aromatic rings. The molecule has 1 aromatic heterocycles. The quantitative estimate of drug-likeness (QED) is 0.696. The first-order chi connectivity index (χ1) is 10.2. The number of thioether (sulfide) groups is 1. The zero-order valence-electron chi connectivity index (χ0n) is 12.7. The molecule has 0 aliphatic rings. The Morgan fingerprint density at radius 3 is 2.48 bits per heavy atom. The average Bonchev–Trinajstić information content (AvgIpc) is 2.92. The van der Waals surface area contributed by atoms with E-state index in [-0.39, 0.29) is 5.78 Å². The highest BCUT2D eigenvalue weighted by atomic mass is 32.2. The summed E-state index contributed by atoms with van der Waals surface area (Å²) >= 11 is 1.51. The molecule has 4 heteroatoms. The molecule has 0 fully saturated rings. The Morgan fingerprint density at radius 2 is 1.86 bits per heavy atom. The van der Waals surface area contributed by atoms with Crippen LogP contribution in [-0.4, -0.2) is 21.1 Å². The van der Waals surface area contributed by atoms with Crippen LogP contribution in [-0.2, 0) is 24.2 Å². The van der Waals surface area contributed by atoms with Gasteiger partial charge >= 0.3 is 0 Å². The van der Waals surface area contributed by atoms with Gasteiger partial charge in [0.05, 0.1) is 5.75 Å². The third-order valence-electron chi connectivity index (χ3n) is 3.28. The summed E-state index contributed by atoms with van der Waals surface area (Å²) < 4.78 is 2.12. The molecule has 0 saturated heterocycles. The third kappa shape index (κ3) is 5.05. The van der Waals surface area contributed by atoms with Gasteiger partial charge in [-0.3, -0.25) is 4.79 Å². The maximum atomic E-state index is 11.1. The smallest absolute Gasteiger partial charge is 0.168 e. The second-order valence-electron chi connectivity index (χ2n) is 5.21. The summed E-state index contributed by atoms with van der Waals surface area (Å²) in [6.45, 7) is 4.71. The number of imidazole rings is 1. The number of Topliss-reactive ketones (excluding diaryl/α,β-unsaturated/α-hetero) is 1. The minimum atomic E-state index is 0.182. The van der Waals surface area contributed by atoms with Crippen molar-refractivity contribution in [3.05, 3.63) is 47.8 Å². The van der Waals surface area contributed by atoms with Crippen molar-refractivity contribution in [3.8, 4) is 0 Å². The first kappa shape index (κ1) is 15.8. The molecule has 3 nitrogen and oxygen atoms in total. The number of ketones is 1. The van der Waals surface area contributed by atoms with E-state index in [0.29, 0.717) is 5.75 Å². The van der Waals surface area contributed by atoms with Crippen LogP contribution in [0.3, 0.4) is 0 Å². The zero-order chi connectivity index (χ0) is 15.1.